The van der Waals surface area contributed by atoms with Crippen LogP contribution in [0.1, 0.15) is 24.5 Å². The Balaban J connectivity index is 1.75. The van der Waals surface area contributed by atoms with Gasteiger partial charge in [0.2, 0.25) is 0 Å². The lowest BCUT2D eigenvalue weighted by atomic mass is 10.0. The summed E-state index contributed by atoms with van der Waals surface area (Å²) < 4.78 is 11.1. The second-order valence-electron chi connectivity index (χ2n) is 5.98. The second-order valence-corrected chi connectivity index (χ2v) is 5.98. The van der Waals surface area contributed by atoms with Crippen molar-refractivity contribution in [3.05, 3.63) is 29.3 Å². The van der Waals surface area contributed by atoms with Crippen molar-refractivity contribution in [3.8, 4) is 5.75 Å². The monoisotopic (exact) mass is 279 g/mol. The highest BCUT2D eigenvalue weighted by atomic mass is 16.5. The summed E-state index contributed by atoms with van der Waals surface area (Å²) >= 11 is 0. The zero-order valence-corrected chi connectivity index (χ0v) is 12.6. The number of aliphatic hydroxyl groups excluding tert-OH is 1. The maximum atomic E-state index is 10.0. The second kappa shape index (κ2) is 6.57. The van der Waals surface area contributed by atoms with Crippen LogP contribution in [0, 0.1) is 13.8 Å². The van der Waals surface area contributed by atoms with Gasteiger partial charge >= 0.3 is 0 Å². The lowest BCUT2D eigenvalue weighted by molar-refractivity contribution is 0.0941. The molecule has 1 heterocycles. The number of nitrogens with one attached hydrogen (secondary N) is 1. The van der Waals surface area contributed by atoms with Crippen molar-refractivity contribution in [1.82, 2.24) is 5.32 Å². The molecule has 0 amide bonds. The Bertz CT molecular complexity index is 441. The topological polar surface area (TPSA) is 50.7 Å². The van der Waals surface area contributed by atoms with Gasteiger partial charge in [0.25, 0.3) is 0 Å². The Hall–Kier alpha value is -1.10. The molecular formula is C16H25NO3. The number of aryl methyl sites for hydroxylation is 2. The Morgan fingerprint density at radius 2 is 2.25 bits per heavy atom. The fourth-order valence-electron chi connectivity index (χ4n) is 2.38. The number of hydrogen-bond donors (Lipinski definition) is 2. The summed E-state index contributed by atoms with van der Waals surface area (Å²) in [6.45, 7) is 8.51. The standard InChI is InChI=1S/C16H25NO3/c1-12-4-5-15(13(2)8-12)20-10-14(18)9-17-16(3)6-7-19-11-16/h4-5,8,14,17-18H,6-7,9-11H2,1-3H3. The molecule has 2 unspecified atom stereocenters. The molecule has 0 spiro atoms. The van der Waals surface area contributed by atoms with Gasteiger partial charge < -0.3 is 19.9 Å². The highest BCUT2D eigenvalue weighted by Crippen LogP contribution is 2.19. The molecule has 1 saturated heterocycles. The van der Waals surface area contributed by atoms with Crippen molar-refractivity contribution in [3.63, 3.8) is 0 Å². The minimum atomic E-state index is -0.520. The first-order valence-corrected chi connectivity index (χ1v) is 7.19. The number of aliphatic hydroxyl groups is 1. The molecule has 0 radical (unpaired) electrons. The van der Waals surface area contributed by atoms with Crippen LogP contribution >= 0.6 is 0 Å². The summed E-state index contributed by atoms with van der Waals surface area (Å²) in [5, 5.41) is 13.4. The van der Waals surface area contributed by atoms with Crippen LogP contribution in [0.4, 0.5) is 0 Å². The molecule has 1 fully saturated rings. The fourth-order valence-corrected chi connectivity index (χ4v) is 2.38. The molecule has 1 aromatic carbocycles. The average molecular weight is 279 g/mol. The molecule has 0 aromatic heterocycles. The quantitative estimate of drug-likeness (QED) is 0.834. The first-order chi connectivity index (χ1) is 9.48. The van der Waals surface area contributed by atoms with E-state index in [2.05, 4.69) is 25.2 Å². The van der Waals surface area contributed by atoms with E-state index in [1.807, 2.05) is 19.1 Å². The first kappa shape index (κ1) is 15.3. The summed E-state index contributed by atoms with van der Waals surface area (Å²) in [4.78, 5) is 0. The summed E-state index contributed by atoms with van der Waals surface area (Å²) in [6, 6.07) is 6.05. The lowest BCUT2D eigenvalue weighted by Crippen LogP contribution is -2.47. The zero-order chi connectivity index (χ0) is 14.6. The van der Waals surface area contributed by atoms with Gasteiger partial charge in [0.1, 0.15) is 18.5 Å². The van der Waals surface area contributed by atoms with Gasteiger partial charge in [-0.25, -0.2) is 0 Å². The highest BCUT2D eigenvalue weighted by molar-refractivity contribution is 5.35. The predicted molar refractivity (Wildman–Crippen MR) is 79.3 cm³/mol. The Morgan fingerprint density at radius 3 is 2.90 bits per heavy atom. The van der Waals surface area contributed by atoms with Crippen LogP contribution in [0.15, 0.2) is 18.2 Å². The van der Waals surface area contributed by atoms with Gasteiger partial charge in [-0.1, -0.05) is 17.7 Å². The van der Waals surface area contributed by atoms with Gasteiger partial charge in [-0.15, -0.1) is 0 Å². The molecule has 0 aliphatic carbocycles. The van der Waals surface area contributed by atoms with E-state index in [0.717, 1.165) is 24.3 Å². The maximum Gasteiger partial charge on any atom is 0.122 e. The number of ether oxygens (including phenoxy) is 2. The highest BCUT2D eigenvalue weighted by Gasteiger charge is 2.29. The molecule has 112 valence electrons. The number of hydrogen-bond acceptors (Lipinski definition) is 4. The minimum Gasteiger partial charge on any atom is -0.491 e. The van der Waals surface area contributed by atoms with Crippen molar-refractivity contribution in [2.45, 2.75) is 38.8 Å². The molecular weight excluding hydrogens is 254 g/mol. The molecule has 1 aliphatic heterocycles. The molecule has 2 rings (SSSR count). The van der Waals surface area contributed by atoms with E-state index >= 15 is 0 Å². The average Bonchev–Trinajstić information content (AvgIpc) is 2.83. The summed E-state index contributed by atoms with van der Waals surface area (Å²) in [7, 11) is 0. The lowest BCUT2D eigenvalue weighted by Gasteiger charge is -2.25. The van der Waals surface area contributed by atoms with Crippen molar-refractivity contribution in [2.75, 3.05) is 26.4 Å². The normalized spacial score (nSPS) is 23.8. The van der Waals surface area contributed by atoms with E-state index in [1.54, 1.807) is 0 Å². The summed E-state index contributed by atoms with van der Waals surface area (Å²) in [5.74, 6) is 0.838. The van der Waals surface area contributed by atoms with Gasteiger partial charge in [-0.2, -0.15) is 0 Å². The van der Waals surface area contributed by atoms with E-state index < -0.39 is 6.10 Å². The number of β-amino-alcohol motifs (C(OH)–C–C–N with tert-alkyl or cyclic N) is 1. The molecule has 1 aliphatic rings. The molecule has 0 bridgehead atoms. The molecule has 4 nitrogen and oxygen atoms in total. The fraction of sp³-hybridized carbons (Fsp3) is 0.625. The first-order valence-electron chi connectivity index (χ1n) is 7.19. The molecule has 2 atom stereocenters. The molecule has 20 heavy (non-hydrogen) atoms. The molecule has 2 N–H and O–H groups in total. The van der Waals surface area contributed by atoms with Crippen molar-refractivity contribution in [2.24, 2.45) is 0 Å². The summed E-state index contributed by atoms with van der Waals surface area (Å²) in [5.41, 5.74) is 2.30. The van der Waals surface area contributed by atoms with Crippen LogP contribution in [0.2, 0.25) is 0 Å². The van der Waals surface area contributed by atoms with E-state index in [1.165, 1.54) is 5.56 Å². The third-order valence-corrected chi connectivity index (χ3v) is 3.74. The van der Waals surface area contributed by atoms with Gasteiger partial charge in [0.05, 0.1) is 6.61 Å². The zero-order valence-electron chi connectivity index (χ0n) is 12.6. The Morgan fingerprint density at radius 1 is 1.45 bits per heavy atom. The van der Waals surface area contributed by atoms with Crippen molar-refractivity contribution >= 4 is 0 Å². The van der Waals surface area contributed by atoms with Crippen LogP contribution < -0.4 is 10.1 Å². The van der Waals surface area contributed by atoms with E-state index in [9.17, 15) is 5.11 Å². The third kappa shape index (κ3) is 4.20. The van der Waals surface area contributed by atoms with Crippen LogP contribution in [-0.2, 0) is 4.74 Å². The van der Waals surface area contributed by atoms with Crippen molar-refractivity contribution in [1.29, 1.82) is 0 Å². The van der Waals surface area contributed by atoms with Crippen LogP contribution in [-0.4, -0.2) is 43.1 Å². The number of benzene rings is 1. The smallest absolute Gasteiger partial charge is 0.122 e. The Labute approximate surface area is 121 Å². The largest absolute Gasteiger partial charge is 0.491 e. The number of rotatable bonds is 6. The van der Waals surface area contributed by atoms with Gasteiger partial charge in [-0.3, -0.25) is 0 Å². The minimum absolute atomic E-state index is 0.0131. The summed E-state index contributed by atoms with van der Waals surface area (Å²) in [6.07, 6.45) is 0.464. The predicted octanol–water partition coefficient (Wildman–Crippen LogP) is 1.81. The van der Waals surface area contributed by atoms with E-state index in [-0.39, 0.29) is 5.54 Å². The van der Waals surface area contributed by atoms with E-state index in [0.29, 0.717) is 19.8 Å². The molecule has 4 heteroatoms. The van der Waals surface area contributed by atoms with Crippen LogP contribution in [0.25, 0.3) is 0 Å². The Kier molecular flexibility index (Phi) is 5.02. The molecule has 1 aromatic rings. The van der Waals surface area contributed by atoms with Gasteiger partial charge in [0, 0.05) is 18.7 Å². The van der Waals surface area contributed by atoms with Crippen LogP contribution in [0.5, 0.6) is 5.75 Å². The third-order valence-electron chi connectivity index (χ3n) is 3.74. The SMILES string of the molecule is Cc1ccc(OCC(O)CNC2(C)CCOC2)c(C)c1. The van der Waals surface area contributed by atoms with Crippen molar-refractivity contribution < 1.29 is 14.6 Å². The maximum absolute atomic E-state index is 10.0. The molecule has 0 saturated carbocycles. The van der Waals surface area contributed by atoms with Gasteiger partial charge in [0.15, 0.2) is 0 Å². The van der Waals surface area contributed by atoms with E-state index in [4.69, 9.17) is 9.47 Å². The van der Waals surface area contributed by atoms with Crippen LogP contribution in [0.3, 0.4) is 0 Å². The van der Waals surface area contributed by atoms with Gasteiger partial charge in [-0.05, 0) is 38.8 Å².